The third kappa shape index (κ3) is 2.99. The highest BCUT2D eigenvalue weighted by molar-refractivity contribution is 5.26. The van der Waals surface area contributed by atoms with E-state index in [0.717, 1.165) is 12.8 Å². The molecular formula is C10H20N2. The zero-order valence-corrected chi connectivity index (χ0v) is 8.57. The Morgan fingerprint density at radius 2 is 1.83 bits per heavy atom. The van der Waals surface area contributed by atoms with Gasteiger partial charge in [-0.1, -0.05) is 19.9 Å². The normalized spacial score (nSPS) is 15.0. The lowest BCUT2D eigenvalue weighted by Gasteiger charge is -2.14. The van der Waals surface area contributed by atoms with Gasteiger partial charge in [-0.25, -0.2) is 0 Å². The van der Waals surface area contributed by atoms with Crippen molar-refractivity contribution in [3.8, 4) is 0 Å². The van der Waals surface area contributed by atoms with Crippen LogP contribution < -0.4 is 10.6 Å². The molecular weight excluding hydrogens is 148 g/mol. The Kier molecular flexibility index (Phi) is 6.25. The summed E-state index contributed by atoms with van der Waals surface area (Å²) in [6.45, 7) is 4.00. The van der Waals surface area contributed by atoms with E-state index in [1.54, 1.807) is 0 Å². The zero-order valence-electron chi connectivity index (χ0n) is 8.57. The number of rotatable bonds is 2. The third-order valence-corrected chi connectivity index (χ3v) is 1.74. The first kappa shape index (κ1) is 11.1. The van der Waals surface area contributed by atoms with Crippen molar-refractivity contribution < 1.29 is 0 Å². The molecule has 0 heterocycles. The van der Waals surface area contributed by atoms with E-state index < -0.39 is 0 Å². The van der Waals surface area contributed by atoms with Crippen molar-refractivity contribution in [3.63, 3.8) is 0 Å². The zero-order chi connectivity index (χ0) is 9.40. The van der Waals surface area contributed by atoms with Crippen molar-refractivity contribution in [1.29, 1.82) is 0 Å². The molecule has 1 aliphatic rings. The molecule has 0 amide bonds. The summed E-state index contributed by atoms with van der Waals surface area (Å²) < 4.78 is 0. The lowest BCUT2D eigenvalue weighted by molar-refractivity contribution is 0.791. The predicted octanol–water partition coefficient (Wildman–Crippen LogP) is 2.01. The number of likely N-dealkylation sites (N-methyl/N-ethyl adjacent to an activating group) is 1. The van der Waals surface area contributed by atoms with Gasteiger partial charge in [0.1, 0.15) is 0 Å². The average molecular weight is 168 g/mol. The Bertz CT molecular complexity index is 169. The molecule has 0 spiro atoms. The van der Waals surface area contributed by atoms with Crippen LogP contribution in [0.2, 0.25) is 0 Å². The van der Waals surface area contributed by atoms with E-state index in [2.05, 4.69) is 22.8 Å². The number of hydrogen-bond donors (Lipinski definition) is 2. The Balaban J connectivity index is 0.000000561. The molecule has 2 nitrogen and oxygen atoms in total. The molecule has 0 atom stereocenters. The minimum atomic E-state index is 1.13. The molecule has 2 N–H and O–H groups in total. The molecule has 1 rings (SSSR count). The van der Waals surface area contributed by atoms with Gasteiger partial charge in [0.25, 0.3) is 0 Å². The summed E-state index contributed by atoms with van der Waals surface area (Å²) >= 11 is 0. The SMILES string of the molecule is CC.CNC1=C(NC)CCC=C1. The van der Waals surface area contributed by atoms with Crippen LogP contribution >= 0.6 is 0 Å². The Morgan fingerprint density at radius 1 is 1.17 bits per heavy atom. The maximum Gasteiger partial charge on any atom is 0.0527 e. The average Bonchev–Trinajstić information content (AvgIpc) is 2.20. The highest BCUT2D eigenvalue weighted by Crippen LogP contribution is 2.12. The van der Waals surface area contributed by atoms with E-state index in [1.165, 1.54) is 11.4 Å². The highest BCUT2D eigenvalue weighted by Gasteiger charge is 2.03. The van der Waals surface area contributed by atoms with E-state index in [1.807, 2.05) is 27.9 Å². The van der Waals surface area contributed by atoms with Crippen LogP contribution in [0.1, 0.15) is 26.7 Å². The van der Waals surface area contributed by atoms with Crippen LogP contribution in [0.5, 0.6) is 0 Å². The van der Waals surface area contributed by atoms with E-state index >= 15 is 0 Å². The summed E-state index contributed by atoms with van der Waals surface area (Å²) in [5, 5.41) is 6.31. The van der Waals surface area contributed by atoms with E-state index in [9.17, 15) is 0 Å². The van der Waals surface area contributed by atoms with E-state index in [0.29, 0.717) is 0 Å². The van der Waals surface area contributed by atoms with Gasteiger partial charge in [0.05, 0.1) is 5.70 Å². The summed E-state index contributed by atoms with van der Waals surface area (Å²) in [5.41, 5.74) is 2.53. The molecule has 0 unspecified atom stereocenters. The molecule has 1 aliphatic carbocycles. The smallest absolute Gasteiger partial charge is 0.0527 e. The summed E-state index contributed by atoms with van der Waals surface area (Å²) in [4.78, 5) is 0. The Labute approximate surface area is 75.7 Å². The molecule has 0 aliphatic heterocycles. The van der Waals surface area contributed by atoms with Crippen LogP contribution in [0.3, 0.4) is 0 Å². The fraction of sp³-hybridized carbons (Fsp3) is 0.600. The van der Waals surface area contributed by atoms with Crippen molar-refractivity contribution in [2.24, 2.45) is 0 Å². The maximum absolute atomic E-state index is 3.17. The minimum Gasteiger partial charge on any atom is -0.390 e. The quantitative estimate of drug-likeness (QED) is 0.659. The molecule has 12 heavy (non-hydrogen) atoms. The van der Waals surface area contributed by atoms with Crippen LogP contribution in [0, 0.1) is 0 Å². The third-order valence-electron chi connectivity index (χ3n) is 1.74. The predicted molar refractivity (Wildman–Crippen MR) is 54.9 cm³/mol. The standard InChI is InChI=1S/C8H14N2.C2H6/c1-9-7-5-3-4-6-8(7)10-2;1-2/h3,5,9-10H,4,6H2,1-2H3;1-2H3. The van der Waals surface area contributed by atoms with Crippen LogP contribution in [-0.4, -0.2) is 14.1 Å². The van der Waals surface area contributed by atoms with Gasteiger partial charge < -0.3 is 10.6 Å². The van der Waals surface area contributed by atoms with Crippen LogP contribution in [0.4, 0.5) is 0 Å². The van der Waals surface area contributed by atoms with Gasteiger partial charge in [-0.15, -0.1) is 0 Å². The Morgan fingerprint density at radius 3 is 2.25 bits per heavy atom. The van der Waals surface area contributed by atoms with Crippen LogP contribution in [-0.2, 0) is 0 Å². The van der Waals surface area contributed by atoms with Crippen LogP contribution in [0.15, 0.2) is 23.5 Å². The molecule has 0 aromatic heterocycles. The molecule has 0 fully saturated rings. The first-order valence-electron chi connectivity index (χ1n) is 4.63. The molecule has 0 aromatic rings. The number of hydrogen-bond acceptors (Lipinski definition) is 2. The first-order chi connectivity index (χ1) is 5.88. The van der Waals surface area contributed by atoms with Gasteiger partial charge in [-0.05, 0) is 18.9 Å². The second-order valence-corrected chi connectivity index (χ2v) is 2.33. The molecule has 2 heteroatoms. The summed E-state index contributed by atoms with van der Waals surface area (Å²) in [6.07, 6.45) is 6.59. The van der Waals surface area contributed by atoms with Crippen molar-refractivity contribution in [3.05, 3.63) is 23.5 Å². The van der Waals surface area contributed by atoms with Crippen molar-refractivity contribution in [2.75, 3.05) is 14.1 Å². The largest absolute Gasteiger partial charge is 0.390 e. The van der Waals surface area contributed by atoms with Crippen molar-refractivity contribution in [1.82, 2.24) is 10.6 Å². The Hall–Kier alpha value is -0.920. The topological polar surface area (TPSA) is 24.1 Å². The lowest BCUT2D eigenvalue weighted by atomic mass is 10.1. The van der Waals surface area contributed by atoms with E-state index in [-0.39, 0.29) is 0 Å². The minimum absolute atomic E-state index is 1.13. The number of nitrogens with one attached hydrogen (secondary N) is 2. The van der Waals surface area contributed by atoms with Crippen molar-refractivity contribution in [2.45, 2.75) is 26.7 Å². The maximum atomic E-state index is 3.17. The summed E-state index contributed by atoms with van der Waals surface area (Å²) in [6, 6.07) is 0. The van der Waals surface area contributed by atoms with Gasteiger partial charge in [0.15, 0.2) is 0 Å². The second-order valence-electron chi connectivity index (χ2n) is 2.33. The van der Waals surface area contributed by atoms with Gasteiger partial charge in [-0.3, -0.25) is 0 Å². The summed E-state index contributed by atoms with van der Waals surface area (Å²) in [7, 11) is 3.91. The lowest BCUT2D eigenvalue weighted by Crippen LogP contribution is -2.17. The van der Waals surface area contributed by atoms with Crippen molar-refractivity contribution >= 4 is 0 Å². The first-order valence-corrected chi connectivity index (χ1v) is 4.63. The molecule has 0 radical (unpaired) electrons. The van der Waals surface area contributed by atoms with Crippen LogP contribution in [0.25, 0.3) is 0 Å². The second kappa shape index (κ2) is 6.77. The monoisotopic (exact) mass is 168 g/mol. The van der Waals surface area contributed by atoms with Gasteiger partial charge >= 0.3 is 0 Å². The van der Waals surface area contributed by atoms with Gasteiger partial charge in [0, 0.05) is 19.8 Å². The molecule has 0 saturated heterocycles. The summed E-state index contributed by atoms with van der Waals surface area (Å²) in [5.74, 6) is 0. The molecule has 0 bridgehead atoms. The van der Waals surface area contributed by atoms with E-state index in [4.69, 9.17) is 0 Å². The fourth-order valence-corrected chi connectivity index (χ4v) is 1.16. The molecule has 70 valence electrons. The molecule has 0 saturated carbocycles. The van der Waals surface area contributed by atoms with Gasteiger partial charge in [0.2, 0.25) is 0 Å². The highest BCUT2D eigenvalue weighted by atomic mass is 14.9. The fourth-order valence-electron chi connectivity index (χ4n) is 1.16. The molecule has 0 aromatic carbocycles. The number of allylic oxidation sites excluding steroid dienone is 3. The van der Waals surface area contributed by atoms with Gasteiger partial charge in [-0.2, -0.15) is 0 Å².